The van der Waals surface area contributed by atoms with Crippen LogP contribution in [0.15, 0.2) is 24.3 Å². The standard InChI is InChI=1S/C19H27N5O/c1-13-18(14(2)22-21-13)17-9-6-10-24(17)19(25)20-12-15-7-5-8-16(11-15)23(3)4/h5,7-8,11,17H,6,9-10,12H2,1-4H3,(H,20,25)(H,21,22). The zero-order valence-electron chi connectivity index (χ0n) is 15.5. The summed E-state index contributed by atoms with van der Waals surface area (Å²) in [6.45, 7) is 5.35. The van der Waals surface area contributed by atoms with Crippen molar-refractivity contribution < 1.29 is 4.79 Å². The van der Waals surface area contributed by atoms with Gasteiger partial charge in [0.2, 0.25) is 0 Å². The molecule has 1 aromatic carbocycles. The third kappa shape index (κ3) is 3.62. The first-order valence-electron chi connectivity index (χ1n) is 8.79. The zero-order chi connectivity index (χ0) is 18.0. The lowest BCUT2D eigenvalue weighted by atomic mass is 10.0. The van der Waals surface area contributed by atoms with Crippen LogP contribution in [0.3, 0.4) is 0 Å². The number of aromatic amines is 1. The molecule has 0 spiro atoms. The Hall–Kier alpha value is -2.50. The number of hydrogen-bond donors (Lipinski definition) is 2. The highest BCUT2D eigenvalue weighted by Crippen LogP contribution is 2.34. The van der Waals surface area contributed by atoms with Crippen LogP contribution in [0, 0.1) is 13.8 Å². The van der Waals surface area contributed by atoms with Crippen LogP contribution in [0.1, 0.15) is 41.4 Å². The van der Waals surface area contributed by atoms with Gasteiger partial charge < -0.3 is 15.1 Å². The second-order valence-electron chi connectivity index (χ2n) is 6.92. The molecular weight excluding hydrogens is 314 g/mol. The number of likely N-dealkylation sites (tertiary alicyclic amines) is 1. The molecule has 134 valence electrons. The number of H-pyrrole nitrogens is 1. The van der Waals surface area contributed by atoms with Gasteiger partial charge in [0.15, 0.2) is 0 Å². The summed E-state index contributed by atoms with van der Waals surface area (Å²) in [5.74, 6) is 0. The van der Waals surface area contributed by atoms with Gasteiger partial charge in [0.1, 0.15) is 0 Å². The highest BCUT2D eigenvalue weighted by Gasteiger charge is 2.32. The molecule has 1 fully saturated rings. The number of carbonyl (C=O) groups excluding carboxylic acids is 1. The predicted molar refractivity (Wildman–Crippen MR) is 99.7 cm³/mol. The van der Waals surface area contributed by atoms with E-state index in [0.717, 1.165) is 42.0 Å². The number of nitrogens with one attached hydrogen (secondary N) is 2. The number of carbonyl (C=O) groups is 1. The average molecular weight is 341 g/mol. The van der Waals surface area contributed by atoms with E-state index in [1.54, 1.807) is 0 Å². The van der Waals surface area contributed by atoms with Crippen molar-refractivity contribution >= 4 is 11.7 Å². The van der Waals surface area contributed by atoms with Crippen molar-refractivity contribution in [3.8, 4) is 0 Å². The first-order chi connectivity index (χ1) is 12.0. The molecule has 1 unspecified atom stereocenters. The SMILES string of the molecule is Cc1n[nH]c(C)c1C1CCCN1C(=O)NCc1cccc(N(C)C)c1. The van der Waals surface area contributed by atoms with Crippen molar-refractivity contribution in [1.82, 2.24) is 20.4 Å². The van der Waals surface area contributed by atoms with Crippen LogP contribution in [0.5, 0.6) is 0 Å². The average Bonchev–Trinajstić information content (AvgIpc) is 3.19. The lowest BCUT2D eigenvalue weighted by molar-refractivity contribution is 0.192. The molecule has 0 saturated carbocycles. The summed E-state index contributed by atoms with van der Waals surface area (Å²) in [5.41, 5.74) is 5.45. The minimum absolute atomic E-state index is 0.00208. The smallest absolute Gasteiger partial charge is 0.318 e. The molecule has 0 radical (unpaired) electrons. The van der Waals surface area contributed by atoms with E-state index >= 15 is 0 Å². The quantitative estimate of drug-likeness (QED) is 0.898. The normalized spacial score (nSPS) is 17.0. The molecular formula is C19H27N5O. The minimum Gasteiger partial charge on any atom is -0.378 e. The largest absolute Gasteiger partial charge is 0.378 e. The van der Waals surface area contributed by atoms with Gasteiger partial charge in [-0.15, -0.1) is 0 Å². The second kappa shape index (κ2) is 7.17. The van der Waals surface area contributed by atoms with Crippen LogP contribution in [0.2, 0.25) is 0 Å². The van der Waals surface area contributed by atoms with E-state index in [1.807, 2.05) is 45.0 Å². The monoisotopic (exact) mass is 341 g/mol. The molecule has 2 amide bonds. The van der Waals surface area contributed by atoms with E-state index in [4.69, 9.17) is 0 Å². The maximum Gasteiger partial charge on any atom is 0.318 e. The van der Waals surface area contributed by atoms with Crippen molar-refractivity contribution in [1.29, 1.82) is 0 Å². The Morgan fingerprint density at radius 2 is 2.20 bits per heavy atom. The van der Waals surface area contributed by atoms with E-state index < -0.39 is 0 Å². The molecule has 25 heavy (non-hydrogen) atoms. The fraction of sp³-hybridized carbons (Fsp3) is 0.474. The molecule has 1 aliphatic heterocycles. The predicted octanol–water partition coefficient (Wildman–Crippen LogP) is 3.14. The van der Waals surface area contributed by atoms with Crippen LogP contribution >= 0.6 is 0 Å². The van der Waals surface area contributed by atoms with Crippen LogP contribution in [0.25, 0.3) is 0 Å². The summed E-state index contributed by atoms with van der Waals surface area (Å²) in [6, 6.07) is 8.34. The summed E-state index contributed by atoms with van der Waals surface area (Å²) in [7, 11) is 4.03. The van der Waals surface area contributed by atoms with Crippen molar-refractivity contribution in [2.75, 3.05) is 25.5 Å². The fourth-order valence-electron chi connectivity index (χ4n) is 3.58. The number of rotatable bonds is 4. The van der Waals surface area contributed by atoms with E-state index in [0.29, 0.717) is 6.54 Å². The number of aromatic nitrogens is 2. The molecule has 0 aliphatic carbocycles. The van der Waals surface area contributed by atoms with Gasteiger partial charge in [-0.1, -0.05) is 12.1 Å². The molecule has 2 N–H and O–H groups in total. The first-order valence-corrected chi connectivity index (χ1v) is 8.79. The molecule has 2 aromatic rings. The van der Waals surface area contributed by atoms with Crippen LogP contribution in [-0.4, -0.2) is 41.8 Å². The topological polar surface area (TPSA) is 64.3 Å². The van der Waals surface area contributed by atoms with Gasteiger partial charge in [0.05, 0.1) is 11.7 Å². The Kier molecular flexibility index (Phi) is 4.97. The van der Waals surface area contributed by atoms with Gasteiger partial charge in [0, 0.05) is 44.1 Å². The Balaban J connectivity index is 1.67. The van der Waals surface area contributed by atoms with Crippen LogP contribution < -0.4 is 10.2 Å². The number of aryl methyl sites for hydroxylation is 2. The number of benzene rings is 1. The van der Waals surface area contributed by atoms with Crippen molar-refractivity contribution in [2.45, 2.75) is 39.3 Å². The summed E-state index contributed by atoms with van der Waals surface area (Å²) >= 11 is 0. The number of anilines is 1. The lowest BCUT2D eigenvalue weighted by Gasteiger charge is -2.25. The molecule has 0 bridgehead atoms. The first kappa shape index (κ1) is 17.3. The number of hydrogen-bond acceptors (Lipinski definition) is 3. The number of urea groups is 1. The highest BCUT2D eigenvalue weighted by atomic mass is 16.2. The minimum atomic E-state index is -0.00208. The third-order valence-electron chi connectivity index (χ3n) is 4.90. The summed E-state index contributed by atoms with van der Waals surface area (Å²) in [5, 5.41) is 10.4. The molecule has 1 saturated heterocycles. The van der Waals surface area contributed by atoms with Gasteiger partial charge in [-0.3, -0.25) is 5.10 Å². The molecule has 6 nitrogen and oxygen atoms in total. The summed E-state index contributed by atoms with van der Waals surface area (Å²) < 4.78 is 0. The summed E-state index contributed by atoms with van der Waals surface area (Å²) in [6.07, 6.45) is 2.02. The van der Waals surface area contributed by atoms with Gasteiger partial charge in [-0.2, -0.15) is 5.10 Å². The molecule has 1 atom stereocenters. The molecule has 6 heteroatoms. The fourth-order valence-corrected chi connectivity index (χ4v) is 3.58. The zero-order valence-corrected chi connectivity index (χ0v) is 15.5. The van der Waals surface area contributed by atoms with Gasteiger partial charge in [-0.05, 0) is 44.4 Å². The second-order valence-corrected chi connectivity index (χ2v) is 6.92. The number of amides is 2. The Morgan fingerprint density at radius 1 is 1.40 bits per heavy atom. The summed E-state index contributed by atoms with van der Waals surface area (Å²) in [4.78, 5) is 16.7. The van der Waals surface area contributed by atoms with E-state index in [-0.39, 0.29) is 12.1 Å². The third-order valence-corrected chi connectivity index (χ3v) is 4.90. The van der Waals surface area contributed by atoms with Crippen LogP contribution in [-0.2, 0) is 6.54 Å². The van der Waals surface area contributed by atoms with Gasteiger partial charge >= 0.3 is 6.03 Å². The molecule has 1 aromatic heterocycles. The Bertz CT molecular complexity index is 733. The number of nitrogens with zero attached hydrogens (tertiary/aromatic N) is 3. The van der Waals surface area contributed by atoms with Crippen LogP contribution in [0.4, 0.5) is 10.5 Å². The van der Waals surface area contributed by atoms with E-state index in [1.165, 1.54) is 5.56 Å². The Morgan fingerprint density at radius 3 is 2.88 bits per heavy atom. The Labute approximate surface area is 149 Å². The van der Waals surface area contributed by atoms with E-state index in [9.17, 15) is 4.79 Å². The van der Waals surface area contributed by atoms with E-state index in [2.05, 4.69) is 32.5 Å². The maximum atomic E-state index is 12.7. The van der Waals surface area contributed by atoms with Crippen molar-refractivity contribution in [3.63, 3.8) is 0 Å². The van der Waals surface area contributed by atoms with Crippen molar-refractivity contribution in [3.05, 3.63) is 46.8 Å². The maximum absolute atomic E-state index is 12.7. The molecule has 2 heterocycles. The van der Waals surface area contributed by atoms with Gasteiger partial charge in [0.25, 0.3) is 0 Å². The highest BCUT2D eigenvalue weighted by molar-refractivity contribution is 5.75. The lowest BCUT2D eigenvalue weighted by Crippen LogP contribution is -2.39. The molecule has 1 aliphatic rings. The van der Waals surface area contributed by atoms with Crippen molar-refractivity contribution in [2.24, 2.45) is 0 Å². The van der Waals surface area contributed by atoms with Gasteiger partial charge in [-0.25, -0.2) is 4.79 Å². The molecule has 3 rings (SSSR count).